The molecule has 1 aliphatic heterocycles. The van der Waals surface area contributed by atoms with E-state index in [1.165, 1.54) is 0 Å². The van der Waals surface area contributed by atoms with E-state index in [9.17, 15) is 4.79 Å². The molecule has 2 aromatic carbocycles. The topological polar surface area (TPSA) is 67.5 Å². The maximum absolute atomic E-state index is 12.1. The zero-order valence-corrected chi connectivity index (χ0v) is 16.0. The molecule has 0 bridgehead atoms. The molecule has 0 saturated carbocycles. The average Bonchev–Trinajstić information content (AvgIpc) is 3.09. The van der Waals surface area contributed by atoms with Crippen molar-refractivity contribution >= 4 is 34.3 Å². The second kappa shape index (κ2) is 7.16. The molecule has 6 heteroatoms. The fourth-order valence-electron chi connectivity index (χ4n) is 3.54. The second-order valence-electron chi connectivity index (χ2n) is 6.87. The number of carbonyl (C=O) groups excluding carboxylic acids is 1. The van der Waals surface area contributed by atoms with Gasteiger partial charge in [-0.05, 0) is 42.8 Å². The number of aromatic nitrogens is 1. The molecule has 1 aromatic heterocycles. The third-order valence-electron chi connectivity index (χ3n) is 5.03. The largest absolute Gasteiger partial charge is 0.436 e. The standard InChI is InChI=1S/C21H20ClN3O2/c1-3-4-16-12(2)19(24-25-20(16)26)14-7-10-17-18(11-14)27-21(23-17)13-5-8-15(22)9-6-13/h5-12,16H,3-4H2,1-2H3,(H,25,26)/t12-,16-/m0/s1. The number of halogens is 1. The Bertz CT molecular complexity index is 1020. The molecule has 1 aliphatic rings. The highest BCUT2D eigenvalue weighted by Crippen LogP contribution is 2.29. The van der Waals surface area contributed by atoms with E-state index in [2.05, 4.69) is 29.4 Å². The van der Waals surface area contributed by atoms with Crippen LogP contribution in [0.4, 0.5) is 0 Å². The summed E-state index contributed by atoms with van der Waals surface area (Å²) >= 11 is 5.95. The van der Waals surface area contributed by atoms with E-state index in [0.29, 0.717) is 16.5 Å². The molecule has 3 aromatic rings. The summed E-state index contributed by atoms with van der Waals surface area (Å²) in [5.41, 5.74) is 6.83. The van der Waals surface area contributed by atoms with E-state index in [1.807, 2.05) is 42.5 Å². The van der Waals surface area contributed by atoms with Crippen LogP contribution < -0.4 is 5.43 Å². The van der Waals surface area contributed by atoms with E-state index in [1.54, 1.807) is 0 Å². The number of benzene rings is 2. The molecule has 0 aliphatic carbocycles. The van der Waals surface area contributed by atoms with E-state index in [-0.39, 0.29) is 17.7 Å². The Morgan fingerprint density at radius 2 is 1.89 bits per heavy atom. The SMILES string of the molecule is CCC[C@@H]1C(=O)NN=C(c2ccc3nc(-c4ccc(Cl)cc4)oc3c2)[C@H]1C. The molecule has 0 fully saturated rings. The lowest BCUT2D eigenvalue weighted by atomic mass is 9.82. The van der Waals surface area contributed by atoms with E-state index in [0.717, 1.165) is 35.2 Å². The zero-order chi connectivity index (χ0) is 19.0. The number of amides is 1. The Kier molecular flexibility index (Phi) is 4.70. The molecule has 0 spiro atoms. The lowest BCUT2D eigenvalue weighted by Crippen LogP contribution is -2.40. The molecule has 1 N–H and O–H groups in total. The summed E-state index contributed by atoms with van der Waals surface area (Å²) in [6.45, 7) is 4.14. The average molecular weight is 382 g/mol. The number of hydrazone groups is 1. The van der Waals surface area contributed by atoms with Crippen LogP contribution in [0.2, 0.25) is 5.02 Å². The summed E-state index contributed by atoms with van der Waals surface area (Å²) in [5, 5.41) is 4.99. The zero-order valence-electron chi connectivity index (χ0n) is 15.2. The fourth-order valence-corrected chi connectivity index (χ4v) is 3.66. The fraction of sp³-hybridized carbons (Fsp3) is 0.286. The smallest absolute Gasteiger partial charge is 0.243 e. The van der Waals surface area contributed by atoms with E-state index >= 15 is 0 Å². The van der Waals surface area contributed by atoms with Crippen molar-refractivity contribution in [3.05, 3.63) is 53.1 Å². The number of nitrogens with one attached hydrogen (secondary N) is 1. The molecule has 138 valence electrons. The van der Waals surface area contributed by atoms with Crippen LogP contribution in [0, 0.1) is 11.8 Å². The molecule has 0 saturated heterocycles. The van der Waals surface area contributed by atoms with Crippen LogP contribution in [0.15, 0.2) is 52.0 Å². The first-order valence-corrected chi connectivity index (χ1v) is 9.49. The molecule has 4 rings (SSSR count). The van der Waals surface area contributed by atoms with Crippen LogP contribution >= 0.6 is 11.6 Å². The lowest BCUT2D eigenvalue weighted by Gasteiger charge is -2.27. The van der Waals surface area contributed by atoms with Crippen molar-refractivity contribution in [1.29, 1.82) is 0 Å². The van der Waals surface area contributed by atoms with Crippen molar-refractivity contribution in [2.45, 2.75) is 26.7 Å². The minimum absolute atomic E-state index is 0.00105. The first-order chi connectivity index (χ1) is 13.1. The number of hydrogen-bond acceptors (Lipinski definition) is 4. The van der Waals surface area contributed by atoms with Crippen LogP contribution in [-0.2, 0) is 4.79 Å². The predicted molar refractivity (Wildman–Crippen MR) is 107 cm³/mol. The van der Waals surface area contributed by atoms with Gasteiger partial charge in [0.2, 0.25) is 11.8 Å². The number of fused-ring (bicyclic) bond motifs is 1. The van der Waals surface area contributed by atoms with Crippen LogP contribution in [0.1, 0.15) is 32.3 Å². The van der Waals surface area contributed by atoms with Gasteiger partial charge in [0.15, 0.2) is 5.58 Å². The molecule has 2 heterocycles. The van der Waals surface area contributed by atoms with Gasteiger partial charge in [-0.2, -0.15) is 5.10 Å². The van der Waals surface area contributed by atoms with Crippen molar-refractivity contribution in [3.8, 4) is 11.5 Å². The number of nitrogens with zero attached hydrogens (tertiary/aromatic N) is 2. The van der Waals surface area contributed by atoms with Crippen molar-refractivity contribution in [1.82, 2.24) is 10.4 Å². The number of hydrogen-bond donors (Lipinski definition) is 1. The summed E-state index contributed by atoms with van der Waals surface area (Å²) in [5.74, 6) is 0.542. The highest BCUT2D eigenvalue weighted by molar-refractivity contribution is 6.30. The van der Waals surface area contributed by atoms with Crippen LogP contribution in [-0.4, -0.2) is 16.6 Å². The third kappa shape index (κ3) is 3.35. The highest BCUT2D eigenvalue weighted by Gasteiger charge is 2.32. The van der Waals surface area contributed by atoms with Gasteiger partial charge in [-0.1, -0.05) is 37.9 Å². The molecule has 2 atom stereocenters. The van der Waals surface area contributed by atoms with E-state index in [4.69, 9.17) is 16.0 Å². The van der Waals surface area contributed by atoms with Gasteiger partial charge in [0.1, 0.15) is 5.52 Å². The first-order valence-electron chi connectivity index (χ1n) is 9.11. The lowest BCUT2D eigenvalue weighted by molar-refractivity contribution is -0.126. The maximum atomic E-state index is 12.1. The van der Waals surface area contributed by atoms with Crippen molar-refractivity contribution in [2.75, 3.05) is 0 Å². The summed E-state index contributed by atoms with van der Waals surface area (Å²) in [4.78, 5) is 16.7. The minimum Gasteiger partial charge on any atom is -0.436 e. The molecule has 1 amide bonds. The number of rotatable bonds is 4. The Morgan fingerprint density at radius 3 is 2.63 bits per heavy atom. The van der Waals surface area contributed by atoms with Gasteiger partial charge in [-0.15, -0.1) is 0 Å². The van der Waals surface area contributed by atoms with Crippen molar-refractivity contribution < 1.29 is 9.21 Å². The highest BCUT2D eigenvalue weighted by atomic mass is 35.5. The van der Waals surface area contributed by atoms with E-state index < -0.39 is 0 Å². The quantitative estimate of drug-likeness (QED) is 0.688. The Morgan fingerprint density at radius 1 is 1.15 bits per heavy atom. The maximum Gasteiger partial charge on any atom is 0.243 e. The molecular formula is C21H20ClN3O2. The monoisotopic (exact) mass is 381 g/mol. The predicted octanol–water partition coefficient (Wildman–Crippen LogP) is 5.03. The summed E-state index contributed by atoms with van der Waals surface area (Å²) in [6, 6.07) is 13.2. The molecule has 5 nitrogen and oxygen atoms in total. The summed E-state index contributed by atoms with van der Waals surface area (Å²) in [7, 11) is 0. The van der Waals surface area contributed by atoms with Crippen LogP contribution in [0.3, 0.4) is 0 Å². The Hall–Kier alpha value is -2.66. The number of oxazole rings is 1. The Balaban J connectivity index is 1.69. The van der Waals surface area contributed by atoms with Gasteiger partial charge in [0, 0.05) is 28.0 Å². The van der Waals surface area contributed by atoms with Crippen LogP contribution in [0.5, 0.6) is 0 Å². The van der Waals surface area contributed by atoms with Crippen molar-refractivity contribution in [3.63, 3.8) is 0 Å². The van der Waals surface area contributed by atoms with Gasteiger partial charge in [0.25, 0.3) is 0 Å². The third-order valence-corrected chi connectivity index (χ3v) is 5.29. The molecular weight excluding hydrogens is 362 g/mol. The molecule has 0 unspecified atom stereocenters. The molecule has 27 heavy (non-hydrogen) atoms. The van der Waals surface area contributed by atoms with Crippen molar-refractivity contribution in [2.24, 2.45) is 16.9 Å². The van der Waals surface area contributed by atoms with Crippen LogP contribution in [0.25, 0.3) is 22.6 Å². The normalized spacial score (nSPS) is 19.8. The first kappa shape index (κ1) is 17.7. The van der Waals surface area contributed by atoms with Gasteiger partial charge >= 0.3 is 0 Å². The van der Waals surface area contributed by atoms with Gasteiger partial charge in [0.05, 0.1) is 5.71 Å². The van der Waals surface area contributed by atoms with Gasteiger partial charge < -0.3 is 4.42 Å². The molecule has 0 radical (unpaired) electrons. The van der Waals surface area contributed by atoms with Gasteiger partial charge in [-0.3, -0.25) is 4.79 Å². The minimum atomic E-state index is -0.0578. The number of carbonyl (C=O) groups is 1. The summed E-state index contributed by atoms with van der Waals surface area (Å²) in [6.07, 6.45) is 1.80. The second-order valence-corrected chi connectivity index (χ2v) is 7.30. The Labute approximate surface area is 162 Å². The summed E-state index contributed by atoms with van der Waals surface area (Å²) < 4.78 is 5.96. The van der Waals surface area contributed by atoms with Gasteiger partial charge in [-0.25, -0.2) is 10.4 Å².